The summed E-state index contributed by atoms with van der Waals surface area (Å²) in [5.74, 6) is -1.55. The number of aromatic nitrogens is 1. The van der Waals surface area contributed by atoms with Crippen molar-refractivity contribution < 1.29 is 14.4 Å². The van der Waals surface area contributed by atoms with Gasteiger partial charge in [-0.3, -0.25) is 23.7 Å². The number of nitrogens with two attached hydrogens (primary N) is 1. The highest BCUT2D eigenvalue weighted by atomic mass is 79.9. The van der Waals surface area contributed by atoms with E-state index in [1.165, 1.54) is 28.8 Å². The van der Waals surface area contributed by atoms with E-state index < -0.39 is 17.7 Å². The summed E-state index contributed by atoms with van der Waals surface area (Å²) < 4.78 is 2.19. The maximum atomic E-state index is 12.9. The van der Waals surface area contributed by atoms with E-state index in [0.717, 1.165) is 4.47 Å². The predicted molar refractivity (Wildman–Crippen MR) is 137 cm³/mol. The average molecular weight is 531 g/mol. The minimum Gasteiger partial charge on any atom is -0.366 e. The Morgan fingerprint density at radius 3 is 2.09 bits per heavy atom. The number of halogens is 1. The number of carbonyl (C=O) groups is 3. The van der Waals surface area contributed by atoms with E-state index in [1.54, 1.807) is 66.9 Å². The van der Waals surface area contributed by atoms with E-state index in [2.05, 4.69) is 26.6 Å². The first kappa shape index (κ1) is 23.7. The molecule has 0 aliphatic rings. The molecule has 8 nitrogen and oxygen atoms in total. The fourth-order valence-corrected chi connectivity index (χ4v) is 3.74. The Labute approximate surface area is 208 Å². The highest BCUT2D eigenvalue weighted by molar-refractivity contribution is 9.10. The summed E-state index contributed by atoms with van der Waals surface area (Å²) >= 11 is 3.33. The van der Waals surface area contributed by atoms with Crippen LogP contribution in [-0.4, -0.2) is 22.3 Å². The molecule has 4 N–H and O–H groups in total. The molecule has 0 aliphatic carbocycles. The second-order valence-electron chi connectivity index (χ2n) is 7.50. The lowest BCUT2D eigenvalue weighted by Gasteiger charge is -2.14. The summed E-state index contributed by atoms with van der Waals surface area (Å²) in [5, 5.41) is 5.47. The van der Waals surface area contributed by atoms with Crippen LogP contribution < -0.4 is 21.9 Å². The van der Waals surface area contributed by atoms with Crippen molar-refractivity contribution in [1.29, 1.82) is 0 Å². The van der Waals surface area contributed by atoms with Crippen molar-refractivity contribution in [2.75, 3.05) is 10.6 Å². The molecule has 0 fully saturated rings. The number of pyridine rings is 1. The fraction of sp³-hybridized carbons (Fsp3) is 0. The first-order valence-corrected chi connectivity index (χ1v) is 11.2. The Hall–Kier alpha value is -4.50. The highest BCUT2D eigenvalue weighted by Gasteiger charge is 2.15. The van der Waals surface area contributed by atoms with Crippen LogP contribution in [0, 0.1) is 0 Å². The minimum atomic E-state index is -0.674. The van der Waals surface area contributed by atoms with Gasteiger partial charge in [0.25, 0.3) is 17.4 Å². The van der Waals surface area contributed by atoms with Crippen LogP contribution in [-0.2, 0) is 0 Å². The first-order chi connectivity index (χ1) is 16.8. The second-order valence-corrected chi connectivity index (χ2v) is 8.41. The largest absolute Gasteiger partial charge is 0.366 e. The Morgan fingerprint density at radius 1 is 0.714 bits per heavy atom. The minimum absolute atomic E-state index is 0.171. The third-order valence-corrected chi connectivity index (χ3v) is 5.61. The topological polar surface area (TPSA) is 123 Å². The molecule has 35 heavy (non-hydrogen) atoms. The maximum absolute atomic E-state index is 12.9. The van der Waals surface area contributed by atoms with Gasteiger partial charge in [-0.15, -0.1) is 0 Å². The molecule has 0 saturated heterocycles. The van der Waals surface area contributed by atoms with Crippen LogP contribution in [0.3, 0.4) is 0 Å². The molecule has 3 amide bonds. The number of hydrogen-bond donors (Lipinski definition) is 3. The molecule has 0 spiro atoms. The third kappa shape index (κ3) is 5.53. The van der Waals surface area contributed by atoms with Gasteiger partial charge in [0.1, 0.15) is 0 Å². The number of primary amides is 1. The van der Waals surface area contributed by atoms with Crippen LogP contribution >= 0.6 is 15.9 Å². The van der Waals surface area contributed by atoms with E-state index >= 15 is 0 Å². The van der Waals surface area contributed by atoms with Gasteiger partial charge in [-0.2, -0.15) is 0 Å². The molecular formula is C26H19BrN4O4. The van der Waals surface area contributed by atoms with Gasteiger partial charge >= 0.3 is 0 Å². The number of hydrogen-bond acceptors (Lipinski definition) is 4. The Morgan fingerprint density at radius 2 is 1.40 bits per heavy atom. The van der Waals surface area contributed by atoms with Gasteiger partial charge in [-0.1, -0.05) is 28.1 Å². The zero-order chi connectivity index (χ0) is 24.9. The molecule has 0 bridgehead atoms. The van der Waals surface area contributed by atoms with Crippen molar-refractivity contribution in [1.82, 2.24) is 4.57 Å². The molecular weight excluding hydrogens is 512 g/mol. The van der Waals surface area contributed by atoms with Gasteiger partial charge in [0.15, 0.2) is 0 Å². The molecule has 1 heterocycles. The van der Waals surface area contributed by atoms with Gasteiger partial charge in [0.2, 0.25) is 5.91 Å². The molecule has 0 radical (unpaired) electrons. The summed E-state index contributed by atoms with van der Waals surface area (Å²) in [6.07, 6.45) is 1.64. The first-order valence-electron chi connectivity index (χ1n) is 10.4. The SMILES string of the molecule is NC(=O)c1ccc(NC(=O)c2ccc(-n3ccccc3=O)cc2)c(NC(=O)c2cccc(Br)c2)c1. The quantitative estimate of drug-likeness (QED) is 0.345. The smallest absolute Gasteiger partial charge is 0.255 e. The van der Waals surface area contributed by atoms with E-state index in [4.69, 9.17) is 5.73 Å². The second kappa shape index (κ2) is 10.2. The lowest BCUT2D eigenvalue weighted by molar-refractivity contribution is 0.0996. The molecule has 9 heteroatoms. The lowest BCUT2D eigenvalue weighted by atomic mass is 10.1. The molecule has 174 valence electrons. The molecule has 0 saturated carbocycles. The number of anilines is 2. The number of benzene rings is 3. The molecule has 4 rings (SSSR count). The predicted octanol–water partition coefficient (Wildman–Crippen LogP) is 4.20. The summed E-state index contributed by atoms with van der Waals surface area (Å²) in [6, 6.07) is 22.4. The molecule has 3 aromatic carbocycles. The zero-order valence-electron chi connectivity index (χ0n) is 18.2. The number of amides is 3. The maximum Gasteiger partial charge on any atom is 0.255 e. The van der Waals surface area contributed by atoms with E-state index in [9.17, 15) is 19.2 Å². The number of nitrogens with zero attached hydrogens (tertiary/aromatic N) is 1. The van der Waals surface area contributed by atoms with Crippen molar-refractivity contribution in [2.24, 2.45) is 5.73 Å². The monoisotopic (exact) mass is 530 g/mol. The van der Waals surface area contributed by atoms with Crippen LogP contribution in [0.4, 0.5) is 11.4 Å². The highest BCUT2D eigenvalue weighted by Crippen LogP contribution is 2.25. The lowest BCUT2D eigenvalue weighted by Crippen LogP contribution is -2.19. The van der Waals surface area contributed by atoms with E-state index in [-0.39, 0.29) is 22.5 Å². The summed E-state index contributed by atoms with van der Waals surface area (Å²) in [5.41, 5.74) is 7.20. The molecule has 4 aromatic rings. The van der Waals surface area contributed by atoms with Crippen LogP contribution in [0.15, 0.2) is 100 Å². The average Bonchev–Trinajstić information content (AvgIpc) is 2.85. The fourth-order valence-electron chi connectivity index (χ4n) is 3.34. The molecule has 1 aromatic heterocycles. The number of carbonyl (C=O) groups excluding carboxylic acids is 3. The van der Waals surface area contributed by atoms with Crippen LogP contribution in [0.2, 0.25) is 0 Å². The Kier molecular flexibility index (Phi) is 6.88. The van der Waals surface area contributed by atoms with Gasteiger partial charge < -0.3 is 16.4 Å². The normalized spacial score (nSPS) is 10.4. The van der Waals surface area contributed by atoms with Crippen LogP contribution in [0.1, 0.15) is 31.1 Å². The van der Waals surface area contributed by atoms with Gasteiger partial charge in [0, 0.05) is 39.1 Å². The van der Waals surface area contributed by atoms with Crippen molar-refractivity contribution in [3.8, 4) is 5.69 Å². The van der Waals surface area contributed by atoms with Gasteiger partial charge in [-0.05, 0) is 66.7 Å². The standard InChI is InChI=1S/C26H19BrN4O4/c27-19-5-3-4-18(14-19)26(35)30-22-15-17(24(28)33)9-12-21(22)29-25(34)16-7-10-20(11-8-16)31-13-2-1-6-23(31)32/h1-15H,(H2,28,33)(H,29,34)(H,30,35). The van der Waals surface area contributed by atoms with Crippen LogP contribution in [0.25, 0.3) is 5.69 Å². The van der Waals surface area contributed by atoms with E-state index in [1.807, 2.05) is 0 Å². The number of nitrogens with one attached hydrogen (secondary N) is 2. The summed E-state index contributed by atoms with van der Waals surface area (Å²) in [4.78, 5) is 49.4. The summed E-state index contributed by atoms with van der Waals surface area (Å²) in [6.45, 7) is 0. The Bertz CT molecular complexity index is 1500. The van der Waals surface area contributed by atoms with Crippen molar-refractivity contribution >= 4 is 45.0 Å². The van der Waals surface area contributed by atoms with Gasteiger partial charge in [-0.25, -0.2) is 0 Å². The van der Waals surface area contributed by atoms with Crippen molar-refractivity contribution in [2.45, 2.75) is 0 Å². The van der Waals surface area contributed by atoms with Gasteiger partial charge in [0.05, 0.1) is 11.4 Å². The molecule has 0 unspecified atom stereocenters. The van der Waals surface area contributed by atoms with E-state index in [0.29, 0.717) is 16.8 Å². The van der Waals surface area contributed by atoms with Crippen molar-refractivity contribution in [3.05, 3.63) is 123 Å². The molecule has 0 atom stereocenters. The van der Waals surface area contributed by atoms with Crippen LogP contribution in [0.5, 0.6) is 0 Å². The molecule has 0 aliphatic heterocycles. The zero-order valence-corrected chi connectivity index (χ0v) is 19.8. The summed E-state index contributed by atoms with van der Waals surface area (Å²) in [7, 11) is 0. The number of rotatable bonds is 6. The Balaban J connectivity index is 1.59. The van der Waals surface area contributed by atoms with Crippen molar-refractivity contribution in [3.63, 3.8) is 0 Å². The third-order valence-electron chi connectivity index (χ3n) is 5.12.